The van der Waals surface area contributed by atoms with Crippen LogP contribution in [0.2, 0.25) is 0 Å². The minimum Gasteiger partial charge on any atom is -0.310 e. The van der Waals surface area contributed by atoms with E-state index in [4.69, 9.17) is 0 Å². The van der Waals surface area contributed by atoms with Gasteiger partial charge in [0, 0.05) is 23.2 Å². The molecule has 1 N–H and O–H groups in total. The molecule has 20 heavy (non-hydrogen) atoms. The Morgan fingerprint density at radius 1 is 1.45 bits per heavy atom. The van der Waals surface area contributed by atoms with E-state index >= 15 is 0 Å². The first-order chi connectivity index (χ1) is 9.47. The number of aryl methyl sites for hydroxylation is 1. The Morgan fingerprint density at radius 2 is 2.20 bits per heavy atom. The number of thioether (sulfide) groups is 1. The minimum absolute atomic E-state index is 0.0368. The average Bonchev–Trinajstić information content (AvgIpc) is 2.98. The number of rotatable bonds is 5. The molecule has 2 heterocycles. The predicted molar refractivity (Wildman–Crippen MR) is 83.4 cm³/mol. The summed E-state index contributed by atoms with van der Waals surface area (Å²) in [5.41, 5.74) is 0.989. The number of carbonyl (C=O) groups is 1. The van der Waals surface area contributed by atoms with E-state index in [0.717, 1.165) is 15.9 Å². The SMILES string of the molecule is Cc1csc(S[C@@H](C)C(=O)Nc2ccnn2C(C)C)n1. The molecule has 7 heteroatoms. The lowest BCUT2D eigenvalue weighted by Crippen LogP contribution is -2.24. The van der Waals surface area contributed by atoms with Crippen LogP contribution < -0.4 is 5.32 Å². The molecule has 0 aromatic carbocycles. The largest absolute Gasteiger partial charge is 0.310 e. The summed E-state index contributed by atoms with van der Waals surface area (Å²) in [5, 5.41) is 8.91. The number of aromatic nitrogens is 3. The molecule has 0 unspecified atom stereocenters. The summed E-state index contributed by atoms with van der Waals surface area (Å²) in [7, 11) is 0. The fourth-order valence-electron chi connectivity index (χ4n) is 1.64. The van der Waals surface area contributed by atoms with E-state index in [1.54, 1.807) is 22.2 Å². The van der Waals surface area contributed by atoms with Crippen LogP contribution in [0.4, 0.5) is 5.82 Å². The van der Waals surface area contributed by atoms with Gasteiger partial charge in [-0.2, -0.15) is 5.10 Å². The zero-order valence-corrected chi connectivity index (χ0v) is 13.6. The topological polar surface area (TPSA) is 59.8 Å². The molecular weight excluding hydrogens is 292 g/mol. The van der Waals surface area contributed by atoms with Crippen molar-refractivity contribution in [3.8, 4) is 0 Å². The highest BCUT2D eigenvalue weighted by molar-refractivity contribution is 8.02. The van der Waals surface area contributed by atoms with E-state index < -0.39 is 0 Å². The number of hydrogen-bond acceptors (Lipinski definition) is 5. The summed E-state index contributed by atoms with van der Waals surface area (Å²) in [4.78, 5) is 16.6. The Balaban J connectivity index is 1.99. The van der Waals surface area contributed by atoms with Gasteiger partial charge in [0.25, 0.3) is 0 Å². The Morgan fingerprint density at radius 3 is 2.80 bits per heavy atom. The number of anilines is 1. The summed E-state index contributed by atoms with van der Waals surface area (Å²) >= 11 is 3.04. The quantitative estimate of drug-likeness (QED) is 0.860. The van der Waals surface area contributed by atoms with Crippen LogP contribution >= 0.6 is 23.1 Å². The maximum absolute atomic E-state index is 12.2. The van der Waals surface area contributed by atoms with Gasteiger partial charge in [0.05, 0.1) is 11.4 Å². The highest BCUT2D eigenvalue weighted by Crippen LogP contribution is 2.27. The van der Waals surface area contributed by atoms with Gasteiger partial charge < -0.3 is 5.32 Å². The third-order valence-electron chi connectivity index (χ3n) is 2.66. The fraction of sp³-hybridized carbons (Fsp3) is 0.462. The van der Waals surface area contributed by atoms with Crippen molar-refractivity contribution in [2.24, 2.45) is 0 Å². The number of thiazole rings is 1. The molecule has 0 radical (unpaired) electrons. The lowest BCUT2D eigenvalue weighted by Gasteiger charge is -2.14. The van der Waals surface area contributed by atoms with E-state index in [0.29, 0.717) is 0 Å². The molecule has 108 valence electrons. The molecule has 2 aromatic heterocycles. The van der Waals surface area contributed by atoms with E-state index in [2.05, 4.69) is 15.4 Å². The number of nitrogens with zero attached hydrogens (tertiary/aromatic N) is 3. The summed E-state index contributed by atoms with van der Waals surface area (Å²) < 4.78 is 2.71. The van der Waals surface area contributed by atoms with Crippen LogP contribution in [-0.2, 0) is 4.79 Å². The van der Waals surface area contributed by atoms with Gasteiger partial charge in [0.15, 0.2) is 4.34 Å². The molecule has 0 spiro atoms. The Hall–Kier alpha value is -1.34. The number of hydrogen-bond donors (Lipinski definition) is 1. The molecule has 0 aliphatic rings. The number of amides is 1. The lowest BCUT2D eigenvalue weighted by molar-refractivity contribution is -0.115. The second-order valence-corrected chi connectivity index (χ2v) is 7.20. The van der Waals surface area contributed by atoms with Crippen molar-refractivity contribution in [3.05, 3.63) is 23.3 Å². The van der Waals surface area contributed by atoms with Crippen LogP contribution in [0.3, 0.4) is 0 Å². The van der Waals surface area contributed by atoms with Crippen molar-refractivity contribution in [2.45, 2.75) is 43.3 Å². The van der Waals surface area contributed by atoms with Gasteiger partial charge in [-0.1, -0.05) is 11.8 Å². The molecule has 0 aliphatic heterocycles. The van der Waals surface area contributed by atoms with Crippen molar-refractivity contribution >= 4 is 34.8 Å². The van der Waals surface area contributed by atoms with Gasteiger partial charge in [-0.15, -0.1) is 11.3 Å². The van der Waals surface area contributed by atoms with Crippen LogP contribution in [0.15, 0.2) is 22.0 Å². The van der Waals surface area contributed by atoms with Crippen molar-refractivity contribution in [3.63, 3.8) is 0 Å². The summed E-state index contributed by atoms with van der Waals surface area (Å²) in [6.07, 6.45) is 1.69. The molecule has 0 bridgehead atoms. The molecule has 2 aromatic rings. The van der Waals surface area contributed by atoms with Crippen molar-refractivity contribution in [2.75, 3.05) is 5.32 Å². The molecule has 0 saturated heterocycles. The van der Waals surface area contributed by atoms with Crippen LogP contribution in [0.5, 0.6) is 0 Å². The van der Waals surface area contributed by atoms with Crippen molar-refractivity contribution < 1.29 is 4.79 Å². The fourth-order valence-corrected chi connectivity index (χ4v) is 3.63. The molecule has 5 nitrogen and oxygen atoms in total. The Labute approximate surface area is 126 Å². The lowest BCUT2D eigenvalue weighted by atomic mass is 10.4. The monoisotopic (exact) mass is 310 g/mol. The zero-order chi connectivity index (χ0) is 14.7. The molecule has 0 aliphatic carbocycles. The third-order valence-corrected chi connectivity index (χ3v) is 4.85. The highest BCUT2D eigenvalue weighted by Gasteiger charge is 2.18. The first-order valence-electron chi connectivity index (χ1n) is 6.40. The van der Waals surface area contributed by atoms with E-state index in [1.165, 1.54) is 11.8 Å². The standard InChI is InChI=1S/C13H18N4OS2/c1-8(2)17-11(5-6-14-17)16-12(18)10(4)20-13-15-9(3)7-19-13/h5-8,10H,1-4H3,(H,16,18)/t10-/m0/s1. The normalized spacial score (nSPS) is 12.7. The first kappa shape index (κ1) is 15.1. The highest BCUT2D eigenvalue weighted by atomic mass is 32.2. The van der Waals surface area contributed by atoms with Crippen LogP contribution in [0.25, 0.3) is 0 Å². The van der Waals surface area contributed by atoms with Crippen LogP contribution in [0.1, 0.15) is 32.5 Å². The Kier molecular flexibility index (Phi) is 4.82. The predicted octanol–water partition coefficient (Wildman–Crippen LogP) is 3.35. The molecule has 1 atom stereocenters. The maximum Gasteiger partial charge on any atom is 0.238 e. The second kappa shape index (κ2) is 6.41. The summed E-state index contributed by atoms with van der Waals surface area (Å²) in [5.74, 6) is 0.693. The van der Waals surface area contributed by atoms with Crippen LogP contribution in [-0.4, -0.2) is 25.9 Å². The number of nitrogens with one attached hydrogen (secondary N) is 1. The van der Waals surface area contributed by atoms with Gasteiger partial charge in [0.2, 0.25) is 5.91 Å². The summed E-state index contributed by atoms with van der Waals surface area (Å²) in [6, 6.07) is 2.02. The van der Waals surface area contributed by atoms with E-state index in [1.807, 2.05) is 39.1 Å². The molecular formula is C13H18N4OS2. The molecule has 1 amide bonds. The van der Waals surface area contributed by atoms with Gasteiger partial charge in [-0.3, -0.25) is 4.79 Å². The average molecular weight is 310 g/mol. The second-order valence-electron chi connectivity index (χ2n) is 4.76. The van der Waals surface area contributed by atoms with Crippen molar-refractivity contribution in [1.82, 2.24) is 14.8 Å². The zero-order valence-electron chi connectivity index (χ0n) is 12.0. The van der Waals surface area contributed by atoms with Gasteiger partial charge >= 0.3 is 0 Å². The van der Waals surface area contributed by atoms with E-state index in [9.17, 15) is 4.79 Å². The van der Waals surface area contributed by atoms with Crippen LogP contribution in [0, 0.1) is 6.92 Å². The minimum atomic E-state index is -0.198. The molecule has 2 rings (SSSR count). The van der Waals surface area contributed by atoms with Gasteiger partial charge in [-0.05, 0) is 27.7 Å². The Bertz CT molecular complexity index is 591. The smallest absolute Gasteiger partial charge is 0.238 e. The maximum atomic E-state index is 12.2. The molecule has 0 fully saturated rings. The van der Waals surface area contributed by atoms with Gasteiger partial charge in [-0.25, -0.2) is 9.67 Å². The summed E-state index contributed by atoms with van der Waals surface area (Å²) in [6.45, 7) is 7.89. The van der Waals surface area contributed by atoms with Gasteiger partial charge in [0.1, 0.15) is 5.82 Å². The first-order valence-corrected chi connectivity index (χ1v) is 8.16. The molecule has 0 saturated carbocycles. The number of carbonyl (C=O) groups excluding carboxylic acids is 1. The third kappa shape index (κ3) is 3.61. The van der Waals surface area contributed by atoms with Crippen molar-refractivity contribution in [1.29, 1.82) is 0 Å². The van der Waals surface area contributed by atoms with E-state index in [-0.39, 0.29) is 17.2 Å².